The van der Waals surface area contributed by atoms with Crippen molar-refractivity contribution in [3.63, 3.8) is 0 Å². The molecule has 0 unspecified atom stereocenters. The lowest BCUT2D eigenvalue weighted by molar-refractivity contribution is 0.00556. The lowest BCUT2D eigenvalue weighted by Gasteiger charge is -2.20. The van der Waals surface area contributed by atoms with Gasteiger partial charge in [-0.3, -0.25) is 0 Å². The highest BCUT2D eigenvalue weighted by molar-refractivity contribution is 7.16. The molecule has 1 aromatic carbocycles. The quantitative estimate of drug-likeness (QED) is 0.566. The van der Waals surface area contributed by atoms with Crippen LogP contribution in [0.3, 0.4) is 0 Å². The van der Waals surface area contributed by atoms with Gasteiger partial charge in [-0.25, -0.2) is 4.79 Å². The standard InChI is InChI=1S/C20H21NO5S/c1-20(2,3)26-19(22)13-6-5-12(9-15(13)25-11-23-4)18-14-7-8-24-17(14)16(10-21)27-18/h5-6,9H,7-8,11H2,1-4H3. The lowest BCUT2D eigenvalue weighted by Crippen LogP contribution is -2.24. The van der Waals surface area contributed by atoms with E-state index < -0.39 is 11.6 Å². The van der Waals surface area contributed by atoms with Crippen LogP contribution in [0.25, 0.3) is 10.4 Å². The van der Waals surface area contributed by atoms with Crippen LogP contribution in [-0.4, -0.2) is 32.1 Å². The Kier molecular flexibility index (Phi) is 5.40. The first-order chi connectivity index (χ1) is 12.8. The summed E-state index contributed by atoms with van der Waals surface area (Å²) in [6.45, 7) is 6.02. The fourth-order valence-electron chi connectivity index (χ4n) is 2.80. The number of nitrogens with zero attached hydrogens (tertiary/aromatic N) is 1. The number of esters is 1. The molecular weight excluding hydrogens is 366 g/mol. The van der Waals surface area contributed by atoms with Crippen LogP contribution in [0.4, 0.5) is 0 Å². The molecule has 0 fully saturated rings. The zero-order valence-electron chi connectivity index (χ0n) is 15.8. The first-order valence-corrected chi connectivity index (χ1v) is 9.33. The molecule has 3 rings (SSSR count). The molecule has 6 nitrogen and oxygen atoms in total. The molecule has 7 heteroatoms. The minimum Gasteiger partial charge on any atom is -0.491 e. The Balaban J connectivity index is 2.02. The summed E-state index contributed by atoms with van der Waals surface area (Å²) in [4.78, 5) is 14.0. The van der Waals surface area contributed by atoms with E-state index in [1.54, 1.807) is 12.1 Å². The number of nitriles is 1. The molecule has 0 aliphatic carbocycles. The van der Waals surface area contributed by atoms with E-state index in [1.165, 1.54) is 18.4 Å². The first kappa shape index (κ1) is 19.2. The third kappa shape index (κ3) is 4.07. The van der Waals surface area contributed by atoms with Crippen LogP contribution < -0.4 is 9.47 Å². The second-order valence-electron chi connectivity index (χ2n) is 7.04. The van der Waals surface area contributed by atoms with Crippen LogP contribution in [0, 0.1) is 11.3 Å². The van der Waals surface area contributed by atoms with Crippen molar-refractivity contribution in [1.29, 1.82) is 5.26 Å². The van der Waals surface area contributed by atoms with Gasteiger partial charge >= 0.3 is 5.97 Å². The number of carbonyl (C=O) groups excluding carboxylic acids is 1. The van der Waals surface area contributed by atoms with E-state index in [1.807, 2.05) is 26.8 Å². The molecule has 0 spiro atoms. The molecule has 142 valence electrons. The minimum absolute atomic E-state index is 0.00829. The highest BCUT2D eigenvalue weighted by Gasteiger charge is 2.27. The number of methoxy groups -OCH3 is 1. The number of fused-ring (bicyclic) bond motifs is 1. The summed E-state index contributed by atoms with van der Waals surface area (Å²) in [5.74, 6) is 0.592. The highest BCUT2D eigenvalue weighted by atomic mass is 32.1. The lowest BCUT2D eigenvalue weighted by atomic mass is 10.0. The van der Waals surface area contributed by atoms with Gasteiger partial charge in [0, 0.05) is 24.0 Å². The van der Waals surface area contributed by atoms with Crippen molar-refractivity contribution in [3.8, 4) is 28.0 Å². The number of carbonyl (C=O) groups is 1. The SMILES string of the molecule is COCOc1cc(-c2sc(C#N)c3c2CCO3)ccc1C(=O)OC(C)(C)C. The summed E-state index contributed by atoms with van der Waals surface area (Å²) < 4.78 is 21.7. The summed E-state index contributed by atoms with van der Waals surface area (Å²) in [7, 11) is 1.51. The highest BCUT2D eigenvalue weighted by Crippen LogP contribution is 2.45. The van der Waals surface area contributed by atoms with Crippen LogP contribution in [0.5, 0.6) is 11.5 Å². The summed E-state index contributed by atoms with van der Waals surface area (Å²) >= 11 is 1.38. The van der Waals surface area contributed by atoms with Crippen molar-refractivity contribution in [2.24, 2.45) is 0 Å². The minimum atomic E-state index is -0.609. The molecule has 0 radical (unpaired) electrons. The first-order valence-electron chi connectivity index (χ1n) is 8.52. The molecule has 27 heavy (non-hydrogen) atoms. The molecule has 0 saturated carbocycles. The Hall–Kier alpha value is -2.56. The van der Waals surface area contributed by atoms with Crippen LogP contribution in [0.2, 0.25) is 0 Å². The van der Waals surface area contributed by atoms with Crippen molar-refractivity contribution in [2.75, 3.05) is 20.5 Å². The Labute approximate surface area is 162 Å². The molecule has 2 heterocycles. The molecule has 0 saturated heterocycles. The van der Waals surface area contributed by atoms with Gasteiger partial charge < -0.3 is 18.9 Å². The van der Waals surface area contributed by atoms with Crippen molar-refractivity contribution in [1.82, 2.24) is 0 Å². The zero-order chi connectivity index (χ0) is 19.6. The van der Waals surface area contributed by atoms with Gasteiger partial charge in [0.1, 0.15) is 27.9 Å². The maximum Gasteiger partial charge on any atom is 0.342 e. The van der Waals surface area contributed by atoms with Gasteiger partial charge in [0.05, 0.1) is 6.61 Å². The molecule has 0 N–H and O–H groups in total. The van der Waals surface area contributed by atoms with Crippen molar-refractivity contribution >= 4 is 17.3 Å². The number of hydrogen-bond donors (Lipinski definition) is 0. The molecule has 1 aliphatic rings. The van der Waals surface area contributed by atoms with Crippen LogP contribution in [-0.2, 0) is 15.9 Å². The number of ether oxygens (including phenoxy) is 4. The second-order valence-corrected chi connectivity index (χ2v) is 8.06. The largest absolute Gasteiger partial charge is 0.491 e. The molecule has 0 amide bonds. The van der Waals surface area contributed by atoms with E-state index >= 15 is 0 Å². The number of rotatable bonds is 5. The van der Waals surface area contributed by atoms with E-state index in [9.17, 15) is 10.1 Å². The zero-order valence-corrected chi connectivity index (χ0v) is 16.6. The average Bonchev–Trinajstić information content (AvgIpc) is 3.20. The monoisotopic (exact) mass is 387 g/mol. The Morgan fingerprint density at radius 1 is 1.37 bits per heavy atom. The molecule has 0 bridgehead atoms. The summed E-state index contributed by atoms with van der Waals surface area (Å²) in [6, 6.07) is 7.49. The predicted molar refractivity (Wildman–Crippen MR) is 101 cm³/mol. The summed E-state index contributed by atoms with van der Waals surface area (Å²) in [5.41, 5.74) is 1.61. The van der Waals surface area contributed by atoms with E-state index in [4.69, 9.17) is 18.9 Å². The van der Waals surface area contributed by atoms with Gasteiger partial charge in [-0.2, -0.15) is 5.26 Å². The normalized spacial score (nSPS) is 12.9. The van der Waals surface area contributed by atoms with Crippen LogP contribution in [0.15, 0.2) is 18.2 Å². The Morgan fingerprint density at radius 3 is 2.81 bits per heavy atom. The van der Waals surface area contributed by atoms with Crippen LogP contribution in [0.1, 0.15) is 41.6 Å². The molecule has 1 aromatic heterocycles. The molecule has 1 aliphatic heterocycles. The number of hydrogen-bond acceptors (Lipinski definition) is 7. The fraction of sp³-hybridized carbons (Fsp3) is 0.400. The van der Waals surface area contributed by atoms with Gasteiger partial charge in [0.15, 0.2) is 12.5 Å². The van der Waals surface area contributed by atoms with E-state index in [0.717, 1.165) is 22.4 Å². The topological polar surface area (TPSA) is 77.8 Å². The maximum absolute atomic E-state index is 12.5. The van der Waals surface area contributed by atoms with Gasteiger partial charge in [0.2, 0.25) is 0 Å². The Morgan fingerprint density at radius 2 is 2.15 bits per heavy atom. The fourth-order valence-corrected chi connectivity index (χ4v) is 3.89. The van der Waals surface area contributed by atoms with Crippen molar-refractivity contribution in [3.05, 3.63) is 34.2 Å². The second kappa shape index (κ2) is 7.59. The van der Waals surface area contributed by atoms with E-state index in [-0.39, 0.29) is 6.79 Å². The number of thiophene rings is 1. The molecule has 2 aromatic rings. The maximum atomic E-state index is 12.5. The van der Waals surface area contributed by atoms with Crippen LogP contribution >= 0.6 is 11.3 Å². The van der Waals surface area contributed by atoms with E-state index in [0.29, 0.717) is 28.5 Å². The summed E-state index contributed by atoms with van der Waals surface area (Å²) in [5, 5.41) is 9.34. The molecule has 0 atom stereocenters. The average molecular weight is 387 g/mol. The Bertz CT molecular complexity index is 904. The third-order valence-corrected chi connectivity index (χ3v) is 5.02. The van der Waals surface area contributed by atoms with Gasteiger partial charge in [0.25, 0.3) is 0 Å². The van der Waals surface area contributed by atoms with Gasteiger partial charge in [-0.1, -0.05) is 6.07 Å². The van der Waals surface area contributed by atoms with Gasteiger partial charge in [-0.05, 0) is 38.5 Å². The van der Waals surface area contributed by atoms with Crippen molar-refractivity contribution in [2.45, 2.75) is 32.8 Å². The predicted octanol–water partition coefficient (Wildman–Crippen LogP) is 4.16. The molecular formula is C20H21NO5S. The van der Waals surface area contributed by atoms with E-state index in [2.05, 4.69) is 6.07 Å². The smallest absolute Gasteiger partial charge is 0.342 e. The number of benzene rings is 1. The van der Waals surface area contributed by atoms with Gasteiger partial charge in [-0.15, -0.1) is 11.3 Å². The van der Waals surface area contributed by atoms with Crippen molar-refractivity contribution < 1.29 is 23.7 Å². The third-order valence-electron chi connectivity index (χ3n) is 3.85. The summed E-state index contributed by atoms with van der Waals surface area (Å²) in [6.07, 6.45) is 0.755.